The van der Waals surface area contributed by atoms with Crippen molar-refractivity contribution < 1.29 is 4.79 Å². The molecule has 1 aliphatic heterocycles. The first kappa shape index (κ1) is 16.1. The van der Waals surface area contributed by atoms with Crippen LogP contribution in [-0.2, 0) is 4.79 Å². The number of hydrogen-bond acceptors (Lipinski definition) is 3. The maximum atomic E-state index is 12.2. The van der Waals surface area contributed by atoms with Crippen molar-refractivity contribution in [2.24, 2.45) is 5.84 Å². The van der Waals surface area contributed by atoms with Crippen LogP contribution in [0.4, 0.5) is 5.69 Å². The Morgan fingerprint density at radius 3 is 2.81 bits per heavy atom. The molecule has 1 heterocycles. The van der Waals surface area contributed by atoms with E-state index in [1.807, 2.05) is 25.1 Å². The minimum absolute atomic E-state index is 0.118. The molecule has 1 aromatic carbocycles. The number of nitrogens with zero attached hydrogens (tertiary/aromatic N) is 1. The highest BCUT2D eigenvalue weighted by Crippen LogP contribution is 2.45. The summed E-state index contributed by atoms with van der Waals surface area (Å²) in [7, 11) is 0. The van der Waals surface area contributed by atoms with Crippen LogP contribution in [0.3, 0.4) is 0 Å². The van der Waals surface area contributed by atoms with Gasteiger partial charge >= 0.3 is 0 Å². The van der Waals surface area contributed by atoms with Crippen molar-refractivity contribution in [3.8, 4) is 0 Å². The number of halogens is 1. The van der Waals surface area contributed by atoms with Gasteiger partial charge in [-0.3, -0.25) is 10.2 Å². The fourth-order valence-corrected chi connectivity index (χ4v) is 3.77. The fourth-order valence-electron chi connectivity index (χ4n) is 3.59. The minimum atomic E-state index is -0.280. The van der Waals surface area contributed by atoms with Gasteiger partial charge in [-0.1, -0.05) is 25.4 Å². The normalized spacial score (nSPS) is 21.6. The second kappa shape index (κ2) is 5.85. The molecule has 1 aromatic rings. The van der Waals surface area contributed by atoms with Crippen molar-refractivity contribution in [3.05, 3.63) is 28.8 Å². The van der Waals surface area contributed by atoms with Gasteiger partial charge in [-0.05, 0) is 56.4 Å². The molecule has 5 heteroatoms. The maximum absolute atomic E-state index is 12.2. The average Bonchev–Trinajstić information content (AvgIpc) is 2.42. The first-order valence-electron chi connectivity index (χ1n) is 7.41. The quantitative estimate of drug-likeness (QED) is 0.512. The van der Waals surface area contributed by atoms with E-state index in [9.17, 15) is 4.79 Å². The van der Waals surface area contributed by atoms with Gasteiger partial charge in [0.2, 0.25) is 0 Å². The zero-order valence-corrected chi connectivity index (χ0v) is 13.9. The third-order valence-electron chi connectivity index (χ3n) is 4.38. The van der Waals surface area contributed by atoms with Crippen LogP contribution in [0.2, 0.25) is 5.02 Å². The van der Waals surface area contributed by atoms with Crippen LogP contribution in [0.5, 0.6) is 0 Å². The number of fused-ring (bicyclic) bond motifs is 1. The van der Waals surface area contributed by atoms with Gasteiger partial charge in [-0.2, -0.15) is 0 Å². The van der Waals surface area contributed by atoms with Gasteiger partial charge in [0.1, 0.15) is 6.04 Å². The Morgan fingerprint density at radius 2 is 2.24 bits per heavy atom. The summed E-state index contributed by atoms with van der Waals surface area (Å²) < 4.78 is 0. The Morgan fingerprint density at radius 1 is 1.57 bits per heavy atom. The predicted molar refractivity (Wildman–Crippen MR) is 87.5 cm³/mol. The van der Waals surface area contributed by atoms with E-state index in [1.165, 1.54) is 5.56 Å². The van der Waals surface area contributed by atoms with E-state index in [-0.39, 0.29) is 17.5 Å². The Hall–Kier alpha value is -1.26. The van der Waals surface area contributed by atoms with Crippen molar-refractivity contribution in [2.45, 2.75) is 58.0 Å². The summed E-state index contributed by atoms with van der Waals surface area (Å²) in [5, 5.41) is 0.733. The van der Waals surface area contributed by atoms with Crippen LogP contribution in [0.15, 0.2) is 18.2 Å². The van der Waals surface area contributed by atoms with Crippen LogP contribution in [-0.4, -0.2) is 17.5 Å². The molecule has 1 aliphatic rings. The SMILES string of the molecule is CC[C@@H](C(=O)NN)N1c2ccc(Cl)cc2[C@H](C)CC1(C)C. The molecule has 0 spiro atoms. The lowest BCUT2D eigenvalue weighted by Crippen LogP contribution is -2.59. The summed E-state index contributed by atoms with van der Waals surface area (Å²) in [6, 6.07) is 5.63. The number of benzene rings is 1. The van der Waals surface area contributed by atoms with Crippen LogP contribution in [0.1, 0.15) is 52.0 Å². The number of carbonyl (C=O) groups excluding carboxylic acids is 1. The topological polar surface area (TPSA) is 58.4 Å². The maximum Gasteiger partial charge on any atom is 0.256 e. The van der Waals surface area contributed by atoms with Crippen molar-refractivity contribution >= 4 is 23.2 Å². The predicted octanol–water partition coefficient (Wildman–Crippen LogP) is 3.20. The first-order valence-corrected chi connectivity index (χ1v) is 7.79. The lowest BCUT2D eigenvalue weighted by atomic mass is 9.79. The molecule has 116 valence electrons. The zero-order chi connectivity index (χ0) is 15.8. The molecule has 2 atom stereocenters. The second-order valence-electron chi connectivity index (χ2n) is 6.42. The fraction of sp³-hybridized carbons (Fsp3) is 0.562. The molecule has 0 bridgehead atoms. The van der Waals surface area contributed by atoms with Crippen molar-refractivity contribution in [1.29, 1.82) is 0 Å². The third-order valence-corrected chi connectivity index (χ3v) is 4.62. The van der Waals surface area contributed by atoms with Crippen molar-refractivity contribution in [2.75, 3.05) is 4.90 Å². The second-order valence-corrected chi connectivity index (χ2v) is 6.86. The lowest BCUT2D eigenvalue weighted by molar-refractivity contribution is -0.122. The number of rotatable bonds is 3. The molecule has 0 aromatic heterocycles. The molecule has 4 nitrogen and oxygen atoms in total. The van der Waals surface area contributed by atoms with E-state index >= 15 is 0 Å². The average molecular weight is 310 g/mol. The van der Waals surface area contributed by atoms with E-state index in [1.54, 1.807) is 0 Å². The number of hydrazine groups is 1. The molecule has 0 aliphatic carbocycles. The molecule has 0 radical (unpaired) electrons. The van der Waals surface area contributed by atoms with Crippen molar-refractivity contribution in [3.63, 3.8) is 0 Å². The number of hydrogen-bond donors (Lipinski definition) is 2. The van der Waals surface area contributed by atoms with Crippen LogP contribution >= 0.6 is 11.6 Å². The number of amides is 1. The Labute approximate surface area is 131 Å². The van der Waals surface area contributed by atoms with Gasteiger partial charge in [0.15, 0.2) is 0 Å². The Bertz CT molecular complexity index is 544. The molecule has 2 rings (SSSR count). The van der Waals surface area contributed by atoms with Crippen molar-refractivity contribution in [1.82, 2.24) is 5.43 Å². The summed E-state index contributed by atoms with van der Waals surface area (Å²) in [6.07, 6.45) is 1.66. The monoisotopic (exact) mass is 309 g/mol. The number of nitrogens with one attached hydrogen (secondary N) is 1. The molecule has 0 unspecified atom stereocenters. The number of anilines is 1. The highest BCUT2D eigenvalue weighted by molar-refractivity contribution is 6.30. The molecular weight excluding hydrogens is 286 g/mol. The van der Waals surface area contributed by atoms with E-state index in [4.69, 9.17) is 17.4 Å². The van der Waals surface area contributed by atoms with Crippen LogP contribution in [0.25, 0.3) is 0 Å². The molecule has 0 fully saturated rings. The molecule has 0 saturated heterocycles. The smallest absolute Gasteiger partial charge is 0.256 e. The van der Waals surface area contributed by atoms with Gasteiger partial charge in [0.25, 0.3) is 5.91 Å². The Balaban J connectivity index is 2.57. The zero-order valence-electron chi connectivity index (χ0n) is 13.1. The standard InChI is InChI=1S/C16H24ClN3O/c1-5-13(15(21)19-18)20-14-7-6-11(17)8-12(14)10(2)9-16(20,3)4/h6-8,10,13H,5,9,18H2,1-4H3,(H,19,21)/t10-,13+/m1/s1. The summed E-state index contributed by atoms with van der Waals surface area (Å²) in [4.78, 5) is 14.4. The third kappa shape index (κ3) is 2.87. The number of nitrogens with two attached hydrogens (primary N) is 1. The van der Waals surface area contributed by atoms with E-state index in [0.29, 0.717) is 12.3 Å². The molecule has 3 N–H and O–H groups in total. The Kier molecular flexibility index (Phi) is 4.49. The van der Waals surface area contributed by atoms with Gasteiger partial charge in [0, 0.05) is 16.2 Å². The number of carbonyl (C=O) groups is 1. The van der Waals surface area contributed by atoms with E-state index in [0.717, 1.165) is 17.1 Å². The van der Waals surface area contributed by atoms with Gasteiger partial charge in [0.05, 0.1) is 0 Å². The van der Waals surface area contributed by atoms with E-state index in [2.05, 4.69) is 31.1 Å². The summed E-state index contributed by atoms with van der Waals surface area (Å²) >= 11 is 6.15. The minimum Gasteiger partial charge on any atom is -0.354 e. The van der Waals surface area contributed by atoms with Crippen LogP contribution < -0.4 is 16.2 Å². The summed E-state index contributed by atoms with van der Waals surface area (Å²) in [6.45, 7) is 8.56. The highest BCUT2D eigenvalue weighted by Gasteiger charge is 2.41. The molecule has 0 saturated carbocycles. The van der Waals surface area contributed by atoms with Gasteiger partial charge < -0.3 is 4.90 Å². The van der Waals surface area contributed by atoms with Gasteiger partial charge in [-0.15, -0.1) is 0 Å². The summed E-state index contributed by atoms with van der Waals surface area (Å²) in [5.41, 5.74) is 4.46. The molecule has 1 amide bonds. The highest BCUT2D eigenvalue weighted by atomic mass is 35.5. The largest absolute Gasteiger partial charge is 0.354 e. The van der Waals surface area contributed by atoms with Crippen LogP contribution in [0, 0.1) is 0 Å². The van der Waals surface area contributed by atoms with Gasteiger partial charge in [-0.25, -0.2) is 5.84 Å². The first-order chi connectivity index (χ1) is 9.81. The lowest BCUT2D eigenvalue weighted by Gasteiger charge is -2.50. The molecule has 21 heavy (non-hydrogen) atoms. The summed E-state index contributed by atoms with van der Waals surface area (Å²) in [5.74, 6) is 5.62. The molecular formula is C16H24ClN3O. The van der Waals surface area contributed by atoms with E-state index < -0.39 is 0 Å².